The fourth-order valence-corrected chi connectivity index (χ4v) is 18.5. The second-order valence-electron chi connectivity index (χ2n) is 28.7. The molecule has 0 aromatic heterocycles. The molecule has 8 rings (SSSR count). The van der Waals surface area contributed by atoms with Crippen LogP contribution in [-0.4, -0.2) is 56.2 Å². The summed E-state index contributed by atoms with van der Waals surface area (Å²) >= 11 is 0. The van der Waals surface area contributed by atoms with Gasteiger partial charge in [0, 0.05) is 6.42 Å². The van der Waals surface area contributed by atoms with E-state index < -0.39 is 23.6 Å². The van der Waals surface area contributed by atoms with Crippen molar-refractivity contribution in [2.75, 3.05) is 0 Å². The van der Waals surface area contributed by atoms with E-state index in [0.717, 1.165) is 69.8 Å². The van der Waals surface area contributed by atoms with Crippen LogP contribution >= 0.6 is 0 Å². The quantitative estimate of drug-likeness (QED) is 0.144. The zero-order valence-corrected chi connectivity index (χ0v) is 44.5. The minimum Gasteiger partial charge on any atom is -0.393 e. The number of allylic oxidation sites excluding steroid dienone is 1. The molecule has 0 saturated heterocycles. The summed E-state index contributed by atoms with van der Waals surface area (Å²) in [6, 6.07) is 0. The molecule has 0 heterocycles. The lowest BCUT2D eigenvalue weighted by molar-refractivity contribution is -0.290. The molecule has 0 aromatic carbocycles. The van der Waals surface area contributed by atoms with Crippen LogP contribution in [0.2, 0.25) is 0 Å². The molecule has 0 spiro atoms. The van der Waals surface area contributed by atoms with Gasteiger partial charge in [-0.3, -0.25) is 0 Å². The van der Waals surface area contributed by atoms with E-state index in [2.05, 4.69) is 89.2 Å². The van der Waals surface area contributed by atoms with E-state index in [-0.39, 0.29) is 70.9 Å². The maximum absolute atomic E-state index is 13.6. The maximum atomic E-state index is 13.6. The van der Waals surface area contributed by atoms with Gasteiger partial charge in [-0.2, -0.15) is 26.3 Å². The summed E-state index contributed by atoms with van der Waals surface area (Å²) in [4.78, 5) is 0. The van der Waals surface area contributed by atoms with Crippen LogP contribution in [0.3, 0.4) is 0 Å². The molecule has 4 N–H and O–H groups in total. The average molecular weight is 971 g/mol. The van der Waals surface area contributed by atoms with Crippen molar-refractivity contribution in [3.05, 3.63) is 11.6 Å². The summed E-state index contributed by atoms with van der Waals surface area (Å²) in [7, 11) is 0. The monoisotopic (exact) mass is 971 g/mol. The van der Waals surface area contributed by atoms with E-state index in [1.54, 1.807) is 0 Å². The zero-order valence-electron chi connectivity index (χ0n) is 44.5. The molecule has 8 aliphatic rings. The molecule has 0 aliphatic heterocycles. The maximum Gasteiger partial charge on any atom is 0.417 e. The highest BCUT2D eigenvalue weighted by Gasteiger charge is 2.66. The summed E-state index contributed by atoms with van der Waals surface area (Å²) in [6.07, 6.45) is 8.82. The summed E-state index contributed by atoms with van der Waals surface area (Å²) in [5.41, 5.74) is -4.01. The largest absolute Gasteiger partial charge is 0.417 e. The van der Waals surface area contributed by atoms with Crippen molar-refractivity contribution >= 4 is 0 Å². The first-order valence-electron chi connectivity index (χ1n) is 27.7. The molecule has 0 aromatic rings. The third-order valence-corrected chi connectivity index (χ3v) is 23.3. The Kier molecular flexibility index (Phi) is 15.0. The van der Waals surface area contributed by atoms with Gasteiger partial charge in [-0.25, -0.2) is 0 Å². The first-order chi connectivity index (χ1) is 31.1. The number of rotatable bonds is 8. The van der Waals surface area contributed by atoms with E-state index in [0.29, 0.717) is 77.4 Å². The molecular formula is C58H96F6O4. The van der Waals surface area contributed by atoms with Crippen LogP contribution in [0, 0.1) is 97.6 Å². The zero-order chi connectivity index (χ0) is 50.6. The van der Waals surface area contributed by atoms with Gasteiger partial charge in [0.1, 0.15) is 0 Å². The van der Waals surface area contributed by atoms with Crippen LogP contribution in [-0.2, 0) is 0 Å². The molecule has 8 aliphatic carbocycles. The summed E-state index contributed by atoms with van der Waals surface area (Å²) in [5, 5.41) is 42.0. The molecule has 7 saturated carbocycles. The Bertz CT molecular complexity index is 1800. The molecule has 68 heavy (non-hydrogen) atoms. The lowest BCUT2D eigenvalue weighted by Gasteiger charge is -2.62. The molecule has 0 bridgehead atoms. The fourth-order valence-electron chi connectivity index (χ4n) is 18.5. The summed E-state index contributed by atoms with van der Waals surface area (Å²) in [6.45, 7) is 26.8. The lowest BCUT2D eigenvalue weighted by atomic mass is 9.43. The highest BCUT2D eigenvalue weighted by Crippen LogP contribution is 2.71. The van der Waals surface area contributed by atoms with Gasteiger partial charge in [0.2, 0.25) is 0 Å². The number of alkyl halides is 6. The Balaban J connectivity index is 0.000000201. The van der Waals surface area contributed by atoms with Crippen LogP contribution in [0.4, 0.5) is 26.3 Å². The highest BCUT2D eigenvalue weighted by molar-refractivity contribution is 5.28. The summed E-state index contributed by atoms with van der Waals surface area (Å²) < 4.78 is 81.5. The molecule has 394 valence electrons. The van der Waals surface area contributed by atoms with Crippen molar-refractivity contribution in [1.82, 2.24) is 0 Å². The Labute approximate surface area is 408 Å². The number of hydrogen-bond acceptors (Lipinski definition) is 4. The number of hydrogen-bond donors (Lipinski definition) is 4. The van der Waals surface area contributed by atoms with Gasteiger partial charge in [-0.15, -0.1) is 0 Å². The standard InChI is InChI=1S/C29H49F3O2.C29H47F3O2/c2*1-18(7-12-24(33)25(2,3)4)21-10-11-22-20-9-8-19-17-28(34,29(30,31)32)16-15-26(19,5)23(20)13-14-27(21,22)6/h18-24,33-34H,7-17H2,1-6H3;8,18,20-24,33-34H,7,9-17H2,1-6H3/t18-,19-,20+,21-,22+,23+,24-,26+,27-,28+;18-,20+,21-,22+,23+,24-,26+,27-,28+/m11/s1. The first kappa shape index (κ1) is 54.9. The minimum absolute atomic E-state index is 0.0199. The van der Waals surface area contributed by atoms with E-state index in [4.69, 9.17) is 0 Å². The smallest absolute Gasteiger partial charge is 0.393 e. The second-order valence-corrected chi connectivity index (χ2v) is 28.7. The first-order valence-corrected chi connectivity index (χ1v) is 27.7. The van der Waals surface area contributed by atoms with Gasteiger partial charge < -0.3 is 20.4 Å². The number of halogens is 6. The molecule has 0 unspecified atom stereocenters. The minimum atomic E-state index is -4.56. The van der Waals surface area contributed by atoms with E-state index >= 15 is 0 Å². The van der Waals surface area contributed by atoms with Crippen molar-refractivity contribution < 1.29 is 46.8 Å². The fraction of sp³-hybridized carbons (Fsp3) is 0.966. The van der Waals surface area contributed by atoms with Gasteiger partial charge >= 0.3 is 12.4 Å². The normalized spacial score (nSPS) is 45.7. The highest BCUT2D eigenvalue weighted by atomic mass is 19.4. The molecule has 0 amide bonds. The Morgan fingerprint density at radius 2 is 0.985 bits per heavy atom. The van der Waals surface area contributed by atoms with Gasteiger partial charge in [0.05, 0.1) is 12.2 Å². The SMILES string of the molecule is C[C@H](CC[C@@H](O)C(C)(C)C)[C@H]1CC[C@H]2[C@@H]3CC=C4C[C@](O)(C(F)(F)F)CC[C@]4(C)[C@H]3CC[C@]12C.C[C@H](CC[C@@H](O)C(C)(C)C)[C@H]1CC[C@H]2[C@@H]3CC[C@@H]4C[C@](O)(C(F)(F)F)CC[C@]4(C)[C@H]3CC[C@]12C. The number of aliphatic hydroxyl groups is 4. The Hall–Kier alpha value is -0.840. The third kappa shape index (κ3) is 9.60. The van der Waals surface area contributed by atoms with Gasteiger partial charge in [0.15, 0.2) is 11.2 Å². The van der Waals surface area contributed by atoms with E-state index in [1.807, 2.05) is 0 Å². The predicted molar refractivity (Wildman–Crippen MR) is 260 cm³/mol. The molecular weight excluding hydrogens is 875 g/mol. The second kappa shape index (κ2) is 18.5. The van der Waals surface area contributed by atoms with Crippen LogP contribution < -0.4 is 0 Å². The summed E-state index contributed by atoms with van der Waals surface area (Å²) in [5.74, 6) is 5.88. The van der Waals surface area contributed by atoms with Crippen LogP contribution in [0.5, 0.6) is 0 Å². The topological polar surface area (TPSA) is 80.9 Å². The molecule has 7 fully saturated rings. The Morgan fingerprint density at radius 1 is 0.529 bits per heavy atom. The number of aliphatic hydroxyl groups excluding tert-OH is 2. The van der Waals surface area contributed by atoms with Gasteiger partial charge in [0.25, 0.3) is 0 Å². The van der Waals surface area contributed by atoms with Crippen LogP contribution in [0.25, 0.3) is 0 Å². The Morgan fingerprint density at radius 3 is 1.47 bits per heavy atom. The van der Waals surface area contributed by atoms with Crippen LogP contribution in [0.15, 0.2) is 11.6 Å². The van der Waals surface area contributed by atoms with Gasteiger partial charge in [-0.1, -0.05) is 94.7 Å². The third-order valence-electron chi connectivity index (χ3n) is 23.3. The average Bonchev–Trinajstić information content (AvgIpc) is 3.78. The number of fused-ring (bicyclic) bond motifs is 10. The van der Waals surface area contributed by atoms with Crippen molar-refractivity contribution in [1.29, 1.82) is 0 Å². The van der Waals surface area contributed by atoms with Crippen molar-refractivity contribution in [3.63, 3.8) is 0 Å². The van der Waals surface area contributed by atoms with Crippen LogP contribution in [0.1, 0.15) is 218 Å². The molecule has 10 heteroatoms. The lowest BCUT2D eigenvalue weighted by Crippen LogP contribution is -2.59. The van der Waals surface area contributed by atoms with Crippen molar-refractivity contribution in [2.45, 2.75) is 254 Å². The molecule has 4 nitrogen and oxygen atoms in total. The predicted octanol–water partition coefficient (Wildman–Crippen LogP) is 15.4. The molecule has 19 atom stereocenters. The van der Waals surface area contributed by atoms with Gasteiger partial charge in [-0.05, 0) is 226 Å². The van der Waals surface area contributed by atoms with E-state index in [9.17, 15) is 46.8 Å². The van der Waals surface area contributed by atoms with Crippen molar-refractivity contribution in [3.8, 4) is 0 Å². The molecule has 0 radical (unpaired) electrons. The van der Waals surface area contributed by atoms with Crippen molar-refractivity contribution in [2.24, 2.45) is 97.6 Å². The van der Waals surface area contributed by atoms with E-state index in [1.165, 1.54) is 32.1 Å².